The fourth-order valence-electron chi connectivity index (χ4n) is 3.50. The third-order valence-electron chi connectivity index (χ3n) is 4.89. The highest BCUT2D eigenvalue weighted by atomic mass is 16.1. The van der Waals surface area contributed by atoms with Gasteiger partial charge in [-0.05, 0) is 36.6 Å². The Kier molecular flexibility index (Phi) is 4.46. The van der Waals surface area contributed by atoms with Crippen LogP contribution in [0.2, 0.25) is 0 Å². The van der Waals surface area contributed by atoms with Gasteiger partial charge in [0.05, 0.1) is 12.1 Å². The molecule has 1 fully saturated rings. The first-order chi connectivity index (χ1) is 12.3. The van der Waals surface area contributed by atoms with Crippen LogP contribution in [0.1, 0.15) is 48.0 Å². The average Bonchev–Trinajstić information content (AvgIpc) is 3.05. The van der Waals surface area contributed by atoms with Crippen LogP contribution in [-0.4, -0.2) is 26.9 Å². The van der Waals surface area contributed by atoms with Crippen molar-refractivity contribution in [3.63, 3.8) is 0 Å². The van der Waals surface area contributed by atoms with E-state index in [-0.39, 0.29) is 5.91 Å². The van der Waals surface area contributed by atoms with Gasteiger partial charge >= 0.3 is 0 Å². The third-order valence-corrected chi connectivity index (χ3v) is 4.89. The summed E-state index contributed by atoms with van der Waals surface area (Å²) in [7, 11) is 0. The van der Waals surface area contributed by atoms with Crippen LogP contribution < -0.4 is 5.32 Å². The van der Waals surface area contributed by atoms with Crippen LogP contribution in [0.5, 0.6) is 0 Å². The summed E-state index contributed by atoms with van der Waals surface area (Å²) < 4.78 is 1.87. The van der Waals surface area contributed by atoms with E-state index < -0.39 is 0 Å². The Morgan fingerprint density at radius 3 is 2.68 bits per heavy atom. The van der Waals surface area contributed by atoms with E-state index in [0.29, 0.717) is 18.2 Å². The van der Waals surface area contributed by atoms with Crippen LogP contribution in [0.3, 0.4) is 0 Å². The summed E-state index contributed by atoms with van der Waals surface area (Å²) in [6.45, 7) is 0.672. The van der Waals surface area contributed by atoms with Gasteiger partial charge in [0, 0.05) is 11.6 Å². The molecule has 0 spiro atoms. The lowest BCUT2D eigenvalue weighted by Crippen LogP contribution is -2.36. The fraction of sp³-hybridized carbons (Fsp3) is 0.350. The van der Waals surface area contributed by atoms with Gasteiger partial charge in [-0.15, -0.1) is 5.10 Å². The van der Waals surface area contributed by atoms with Gasteiger partial charge in [-0.2, -0.15) is 0 Å². The van der Waals surface area contributed by atoms with Gasteiger partial charge in [-0.25, -0.2) is 4.68 Å². The molecule has 1 aliphatic rings. The molecule has 2 aromatic carbocycles. The van der Waals surface area contributed by atoms with Crippen molar-refractivity contribution in [2.75, 3.05) is 0 Å². The molecule has 3 aromatic rings. The zero-order chi connectivity index (χ0) is 17.1. The first-order valence-electron chi connectivity index (χ1n) is 8.98. The summed E-state index contributed by atoms with van der Waals surface area (Å²) in [6.07, 6.45) is 5.86. The van der Waals surface area contributed by atoms with E-state index in [1.807, 2.05) is 41.1 Å². The summed E-state index contributed by atoms with van der Waals surface area (Å²) in [5, 5.41) is 11.6. The molecule has 5 nitrogen and oxygen atoms in total. The molecule has 0 aliphatic heterocycles. The van der Waals surface area contributed by atoms with Crippen LogP contribution >= 0.6 is 0 Å². The molecule has 0 radical (unpaired) electrons. The number of aromatic nitrogens is 3. The fourth-order valence-corrected chi connectivity index (χ4v) is 3.50. The minimum atomic E-state index is -0.00795. The number of hydrogen-bond acceptors (Lipinski definition) is 3. The van der Waals surface area contributed by atoms with Crippen LogP contribution in [0.4, 0.5) is 0 Å². The van der Waals surface area contributed by atoms with Gasteiger partial charge in [0.15, 0.2) is 0 Å². The molecule has 1 heterocycles. The summed E-state index contributed by atoms with van der Waals surface area (Å²) in [5.41, 5.74) is 3.53. The second kappa shape index (κ2) is 7.05. The Morgan fingerprint density at radius 1 is 1.08 bits per heavy atom. The first kappa shape index (κ1) is 15.8. The van der Waals surface area contributed by atoms with E-state index in [1.54, 1.807) is 0 Å². The summed E-state index contributed by atoms with van der Waals surface area (Å²) in [4.78, 5) is 12.5. The van der Waals surface area contributed by atoms with Crippen molar-refractivity contribution in [3.8, 4) is 0 Å². The first-order valence-corrected chi connectivity index (χ1v) is 8.98. The number of rotatable bonds is 4. The predicted octanol–water partition coefficient (Wildman–Crippen LogP) is 3.54. The van der Waals surface area contributed by atoms with Crippen LogP contribution in [0, 0.1) is 0 Å². The Morgan fingerprint density at radius 2 is 1.88 bits per heavy atom. The maximum absolute atomic E-state index is 12.5. The molecule has 25 heavy (non-hydrogen) atoms. The molecule has 1 aliphatic carbocycles. The minimum Gasteiger partial charge on any atom is -0.349 e. The molecule has 4 rings (SSSR count). The van der Waals surface area contributed by atoms with Gasteiger partial charge in [-0.1, -0.05) is 54.8 Å². The number of benzene rings is 2. The van der Waals surface area contributed by atoms with E-state index >= 15 is 0 Å². The molecule has 1 N–H and O–H groups in total. The normalized spacial score (nSPS) is 15.4. The van der Waals surface area contributed by atoms with Gasteiger partial charge in [-0.3, -0.25) is 4.79 Å². The summed E-state index contributed by atoms with van der Waals surface area (Å²) in [6, 6.07) is 16.1. The van der Waals surface area contributed by atoms with Crippen LogP contribution in [0.25, 0.3) is 11.0 Å². The molecular formula is C20H22N4O. The van der Waals surface area contributed by atoms with Gasteiger partial charge < -0.3 is 5.32 Å². The average molecular weight is 334 g/mol. The van der Waals surface area contributed by atoms with E-state index in [9.17, 15) is 4.79 Å². The van der Waals surface area contributed by atoms with Crippen LogP contribution in [-0.2, 0) is 6.54 Å². The lowest BCUT2D eigenvalue weighted by atomic mass is 9.95. The van der Waals surface area contributed by atoms with E-state index in [2.05, 4.69) is 27.8 Å². The lowest BCUT2D eigenvalue weighted by Gasteiger charge is -2.22. The third kappa shape index (κ3) is 3.55. The molecule has 0 bridgehead atoms. The zero-order valence-electron chi connectivity index (χ0n) is 14.2. The van der Waals surface area contributed by atoms with Crippen molar-refractivity contribution in [1.29, 1.82) is 0 Å². The number of nitrogens with zero attached hydrogens (tertiary/aromatic N) is 3. The molecule has 0 atom stereocenters. The highest BCUT2D eigenvalue weighted by molar-refractivity contribution is 5.97. The van der Waals surface area contributed by atoms with Crippen LogP contribution in [0.15, 0.2) is 48.5 Å². The smallest absolute Gasteiger partial charge is 0.251 e. The lowest BCUT2D eigenvalue weighted by molar-refractivity contribution is 0.0928. The van der Waals surface area contributed by atoms with Crippen molar-refractivity contribution in [1.82, 2.24) is 20.3 Å². The maximum atomic E-state index is 12.5. The zero-order valence-corrected chi connectivity index (χ0v) is 14.2. The second-order valence-electron chi connectivity index (χ2n) is 6.74. The molecule has 1 amide bonds. The number of fused-ring (bicyclic) bond motifs is 1. The number of carbonyl (C=O) groups excluding carboxylic acids is 1. The summed E-state index contributed by atoms with van der Waals surface area (Å²) >= 11 is 0. The highest BCUT2D eigenvalue weighted by Gasteiger charge is 2.17. The molecule has 1 aromatic heterocycles. The van der Waals surface area contributed by atoms with Crippen molar-refractivity contribution < 1.29 is 4.79 Å². The van der Waals surface area contributed by atoms with Crippen molar-refractivity contribution in [3.05, 3.63) is 59.7 Å². The molecule has 0 unspecified atom stereocenters. The van der Waals surface area contributed by atoms with Gasteiger partial charge in [0.25, 0.3) is 5.91 Å². The second-order valence-corrected chi connectivity index (χ2v) is 6.74. The quantitative estimate of drug-likeness (QED) is 0.794. The topological polar surface area (TPSA) is 59.8 Å². The summed E-state index contributed by atoms with van der Waals surface area (Å²) in [5.74, 6) is -0.00795. The van der Waals surface area contributed by atoms with Crippen molar-refractivity contribution in [2.45, 2.75) is 44.7 Å². The number of nitrogens with one attached hydrogen (secondary N) is 1. The Hall–Kier alpha value is -2.69. The molecule has 5 heteroatoms. The highest BCUT2D eigenvalue weighted by Crippen LogP contribution is 2.19. The Balaban J connectivity index is 1.52. The maximum Gasteiger partial charge on any atom is 0.251 e. The Bertz CT molecular complexity index is 866. The molecule has 1 saturated carbocycles. The van der Waals surface area contributed by atoms with Crippen molar-refractivity contribution >= 4 is 16.9 Å². The predicted molar refractivity (Wildman–Crippen MR) is 97.4 cm³/mol. The van der Waals surface area contributed by atoms with Crippen molar-refractivity contribution in [2.24, 2.45) is 0 Å². The SMILES string of the molecule is O=C(NC1CCCCC1)c1ccc2c(c1)nnn2Cc1ccccc1. The van der Waals surface area contributed by atoms with E-state index in [0.717, 1.165) is 23.9 Å². The Labute approximate surface area is 147 Å². The van der Waals surface area contributed by atoms with Gasteiger partial charge in [0.2, 0.25) is 0 Å². The standard InChI is InChI=1S/C20H22N4O/c25-20(21-17-9-5-2-6-10-17)16-11-12-19-18(13-16)22-23-24(19)14-15-7-3-1-4-8-15/h1,3-4,7-8,11-13,17H,2,5-6,9-10,14H2,(H,21,25). The monoisotopic (exact) mass is 334 g/mol. The van der Waals surface area contributed by atoms with E-state index in [1.165, 1.54) is 24.8 Å². The number of amides is 1. The molecule has 0 saturated heterocycles. The minimum absolute atomic E-state index is 0.00795. The van der Waals surface area contributed by atoms with E-state index in [4.69, 9.17) is 0 Å². The largest absolute Gasteiger partial charge is 0.349 e. The molecule has 128 valence electrons. The molecular weight excluding hydrogens is 312 g/mol. The number of hydrogen-bond donors (Lipinski definition) is 1. The number of carbonyl (C=O) groups is 1. The van der Waals surface area contributed by atoms with Gasteiger partial charge in [0.1, 0.15) is 5.52 Å².